The molecule has 0 fully saturated rings. The maximum absolute atomic E-state index is 3.30. The summed E-state index contributed by atoms with van der Waals surface area (Å²) in [5.74, 6) is 0. The second kappa shape index (κ2) is 14.9. The third-order valence-electron chi connectivity index (χ3n) is 2.94. The minimum absolute atomic E-state index is 1.12. The van der Waals surface area contributed by atoms with Gasteiger partial charge < -0.3 is 0 Å². The van der Waals surface area contributed by atoms with Crippen molar-refractivity contribution in [1.29, 1.82) is 0 Å². The Morgan fingerprint density at radius 1 is 0.500 bits per heavy atom. The fourth-order valence-corrected chi connectivity index (χ4v) is 1.81. The van der Waals surface area contributed by atoms with Crippen molar-refractivity contribution < 1.29 is 0 Å². The summed E-state index contributed by atoms with van der Waals surface area (Å²) < 4.78 is 0. The molecule has 0 spiro atoms. The first-order valence-electron chi connectivity index (χ1n) is 7.37. The van der Waals surface area contributed by atoms with E-state index in [2.05, 4.69) is 24.7 Å². The van der Waals surface area contributed by atoms with Crippen LogP contribution in [0.25, 0.3) is 0 Å². The lowest BCUT2D eigenvalue weighted by atomic mass is 10.1. The molecule has 0 aliphatic rings. The van der Waals surface area contributed by atoms with Crippen molar-refractivity contribution in [3.63, 3.8) is 0 Å². The van der Waals surface area contributed by atoms with Gasteiger partial charge in [-0.15, -0.1) is 0 Å². The first-order chi connectivity index (χ1) is 7.91. The molecule has 0 aromatic heterocycles. The third-order valence-corrected chi connectivity index (χ3v) is 2.94. The summed E-state index contributed by atoms with van der Waals surface area (Å²) in [4.78, 5) is 0. The molecule has 0 bridgehead atoms. The lowest BCUT2D eigenvalue weighted by Crippen LogP contribution is -2.33. The molecule has 2 nitrogen and oxygen atoms in total. The molecule has 0 aromatic carbocycles. The van der Waals surface area contributed by atoms with E-state index in [9.17, 15) is 0 Å². The molecule has 0 atom stereocenters. The van der Waals surface area contributed by atoms with Gasteiger partial charge in [-0.1, -0.05) is 65.2 Å². The summed E-state index contributed by atoms with van der Waals surface area (Å²) in [7, 11) is 0. The SMILES string of the molecule is CCCCCCCNNCCCCCCC. The largest absolute Gasteiger partial charge is 0.258 e. The minimum atomic E-state index is 1.12. The van der Waals surface area contributed by atoms with Gasteiger partial charge in [-0.25, -0.2) is 0 Å². The Morgan fingerprint density at radius 2 is 0.875 bits per heavy atom. The molecular formula is C14H32N2. The van der Waals surface area contributed by atoms with Gasteiger partial charge in [0.25, 0.3) is 0 Å². The zero-order valence-corrected chi connectivity index (χ0v) is 11.5. The smallest absolute Gasteiger partial charge is 0.00997 e. The molecule has 0 aromatic rings. The molecule has 0 unspecified atom stereocenters. The van der Waals surface area contributed by atoms with Crippen LogP contribution in [-0.4, -0.2) is 13.1 Å². The zero-order valence-electron chi connectivity index (χ0n) is 11.5. The fourth-order valence-electron chi connectivity index (χ4n) is 1.81. The highest BCUT2D eigenvalue weighted by Crippen LogP contribution is 2.01. The Morgan fingerprint density at radius 3 is 1.25 bits per heavy atom. The highest BCUT2D eigenvalue weighted by atomic mass is 15.3. The summed E-state index contributed by atoms with van der Waals surface area (Å²) in [6.45, 7) is 6.77. The van der Waals surface area contributed by atoms with Crippen LogP contribution in [-0.2, 0) is 0 Å². The number of hydrogen-bond donors (Lipinski definition) is 2. The van der Waals surface area contributed by atoms with E-state index in [4.69, 9.17) is 0 Å². The van der Waals surface area contributed by atoms with Gasteiger partial charge in [0.1, 0.15) is 0 Å². The Kier molecular flexibility index (Phi) is 14.8. The molecule has 2 heteroatoms. The molecule has 0 aliphatic heterocycles. The van der Waals surface area contributed by atoms with E-state index in [1.807, 2.05) is 0 Å². The van der Waals surface area contributed by atoms with Gasteiger partial charge in [0.05, 0.1) is 0 Å². The third kappa shape index (κ3) is 13.9. The van der Waals surface area contributed by atoms with E-state index in [-0.39, 0.29) is 0 Å². The zero-order chi connectivity index (χ0) is 11.9. The normalized spacial score (nSPS) is 10.9. The number of rotatable bonds is 13. The van der Waals surface area contributed by atoms with E-state index in [0.717, 1.165) is 13.1 Å². The van der Waals surface area contributed by atoms with Crippen molar-refractivity contribution >= 4 is 0 Å². The molecule has 0 rings (SSSR count). The predicted octanol–water partition coefficient (Wildman–Crippen LogP) is 4.02. The summed E-state index contributed by atoms with van der Waals surface area (Å²) >= 11 is 0. The van der Waals surface area contributed by atoms with Crippen molar-refractivity contribution in [3.8, 4) is 0 Å². The standard InChI is InChI=1S/C14H32N2/c1-3-5-7-9-11-13-15-16-14-12-10-8-6-4-2/h15-16H,3-14H2,1-2H3. The highest BCUT2D eigenvalue weighted by molar-refractivity contribution is 4.48. The molecule has 0 saturated heterocycles. The van der Waals surface area contributed by atoms with Crippen LogP contribution < -0.4 is 10.9 Å². The Labute approximate surface area is 103 Å². The van der Waals surface area contributed by atoms with Gasteiger partial charge in [-0.3, -0.25) is 10.9 Å². The monoisotopic (exact) mass is 228 g/mol. The summed E-state index contributed by atoms with van der Waals surface area (Å²) in [6, 6.07) is 0. The molecule has 0 saturated carbocycles. The molecule has 2 N–H and O–H groups in total. The van der Waals surface area contributed by atoms with Crippen molar-refractivity contribution in [3.05, 3.63) is 0 Å². The van der Waals surface area contributed by atoms with Gasteiger partial charge in [0.2, 0.25) is 0 Å². The van der Waals surface area contributed by atoms with Crippen LogP contribution in [0.3, 0.4) is 0 Å². The average Bonchev–Trinajstić information content (AvgIpc) is 2.31. The molecule has 0 heterocycles. The lowest BCUT2D eigenvalue weighted by Gasteiger charge is -2.06. The van der Waals surface area contributed by atoms with Crippen LogP contribution in [0.1, 0.15) is 78.1 Å². The van der Waals surface area contributed by atoms with Gasteiger partial charge in [-0.2, -0.15) is 0 Å². The average molecular weight is 228 g/mol. The van der Waals surface area contributed by atoms with E-state index in [0.29, 0.717) is 0 Å². The summed E-state index contributed by atoms with van der Waals surface area (Å²) in [5.41, 5.74) is 6.61. The molecule has 0 aliphatic carbocycles. The summed E-state index contributed by atoms with van der Waals surface area (Å²) in [6.07, 6.45) is 13.6. The van der Waals surface area contributed by atoms with Gasteiger partial charge in [0.15, 0.2) is 0 Å². The molecule has 16 heavy (non-hydrogen) atoms. The lowest BCUT2D eigenvalue weighted by molar-refractivity contribution is 0.484. The topological polar surface area (TPSA) is 24.1 Å². The number of hydrazine groups is 1. The van der Waals surface area contributed by atoms with Crippen LogP contribution >= 0.6 is 0 Å². The van der Waals surface area contributed by atoms with E-state index < -0.39 is 0 Å². The Hall–Kier alpha value is -0.0800. The Bertz CT molecular complexity index is 101. The maximum Gasteiger partial charge on any atom is 0.00997 e. The second-order valence-corrected chi connectivity index (χ2v) is 4.68. The van der Waals surface area contributed by atoms with E-state index in [1.54, 1.807) is 0 Å². The van der Waals surface area contributed by atoms with E-state index in [1.165, 1.54) is 64.2 Å². The first kappa shape index (κ1) is 15.9. The maximum atomic E-state index is 3.30. The van der Waals surface area contributed by atoms with Crippen LogP contribution in [0.15, 0.2) is 0 Å². The minimum Gasteiger partial charge on any atom is -0.258 e. The molecule has 98 valence electrons. The predicted molar refractivity (Wildman–Crippen MR) is 73.5 cm³/mol. The van der Waals surface area contributed by atoms with Crippen molar-refractivity contribution in [2.24, 2.45) is 0 Å². The van der Waals surface area contributed by atoms with Crippen molar-refractivity contribution in [1.82, 2.24) is 10.9 Å². The van der Waals surface area contributed by atoms with Gasteiger partial charge >= 0.3 is 0 Å². The van der Waals surface area contributed by atoms with Gasteiger partial charge in [0, 0.05) is 13.1 Å². The van der Waals surface area contributed by atoms with Crippen LogP contribution in [0.4, 0.5) is 0 Å². The van der Waals surface area contributed by atoms with Crippen LogP contribution in [0.2, 0.25) is 0 Å². The second-order valence-electron chi connectivity index (χ2n) is 4.68. The molecular weight excluding hydrogens is 196 g/mol. The van der Waals surface area contributed by atoms with Crippen molar-refractivity contribution in [2.75, 3.05) is 13.1 Å². The fraction of sp³-hybridized carbons (Fsp3) is 1.00. The van der Waals surface area contributed by atoms with Crippen LogP contribution in [0, 0.1) is 0 Å². The Balaban J connectivity index is 2.83. The van der Waals surface area contributed by atoms with Crippen LogP contribution in [0.5, 0.6) is 0 Å². The van der Waals surface area contributed by atoms with E-state index >= 15 is 0 Å². The molecule has 0 radical (unpaired) electrons. The summed E-state index contributed by atoms with van der Waals surface area (Å²) in [5, 5.41) is 0. The first-order valence-corrected chi connectivity index (χ1v) is 7.37. The van der Waals surface area contributed by atoms with Crippen molar-refractivity contribution in [2.45, 2.75) is 78.1 Å². The molecule has 0 amide bonds. The number of nitrogens with one attached hydrogen (secondary N) is 2. The van der Waals surface area contributed by atoms with Gasteiger partial charge in [-0.05, 0) is 12.8 Å². The highest BCUT2D eigenvalue weighted by Gasteiger charge is 1.90. The quantitative estimate of drug-likeness (QED) is 0.367. The number of unbranched alkanes of at least 4 members (excludes halogenated alkanes) is 8. The number of hydrogen-bond acceptors (Lipinski definition) is 2.